The van der Waals surface area contributed by atoms with Crippen molar-refractivity contribution < 1.29 is 4.79 Å². The molecule has 2 unspecified atom stereocenters. The average Bonchev–Trinajstić information content (AvgIpc) is 2.85. The first-order valence-electron chi connectivity index (χ1n) is 7.15. The fourth-order valence-electron chi connectivity index (χ4n) is 3.30. The maximum atomic E-state index is 12.3. The molecule has 1 aromatic rings. The van der Waals surface area contributed by atoms with E-state index in [2.05, 4.69) is 26.1 Å². The van der Waals surface area contributed by atoms with Crippen LogP contribution in [0.5, 0.6) is 0 Å². The van der Waals surface area contributed by atoms with Crippen LogP contribution in [0.4, 0.5) is 0 Å². The Balaban J connectivity index is 1.68. The van der Waals surface area contributed by atoms with Gasteiger partial charge in [-0.25, -0.2) is 0 Å². The van der Waals surface area contributed by atoms with E-state index in [-0.39, 0.29) is 11.9 Å². The molecule has 20 heavy (non-hydrogen) atoms. The summed E-state index contributed by atoms with van der Waals surface area (Å²) in [6.07, 6.45) is 4.82. The predicted molar refractivity (Wildman–Crippen MR) is 84.2 cm³/mol. The average molecular weight is 358 g/mol. The number of rotatable bonds is 2. The van der Waals surface area contributed by atoms with Crippen molar-refractivity contribution >= 4 is 33.4 Å². The third kappa shape index (κ3) is 2.87. The normalized spacial score (nSPS) is 26.3. The Morgan fingerprint density at radius 1 is 1.30 bits per heavy atom. The lowest BCUT2D eigenvalue weighted by atomic mass is 9.99. The third-order valence-electron chi connectivity index (χ3n) is 4.35. The molecule has 0 saturated carbocycles. The van der Waals surface area contributed by atoms with Gasteiger partial charge in [-0.15, -0.1) is 0 Å². The van der Waals surface area contributed by atoms with Gasteiger partial charge in [-0.3, -0.25) is 9.69 Å². The van der Waals surface area contributed by atoms with Crippen LogP contribution in [0.1, 0.15) is 36.0 Å². The first-order chi connectivity index (χ1) is 9.65. The Bertz CT molecular complexity index is 523. The van der Waals surface area contributed by atoms with Crippen molar-refractivity contribution in [1.29, 1.82) is 0 Å². The molecule has 2 heterocycles. The largest absolute Gasteiger partial charge is 0.348 e. The number of amides is 1. The Morgan fingerprint density at radius 3 is 2.95 bits per heavy atom. The van der Waals surface area contributed by atoms with E-state index in [0.29, 0.717) is 16.6 Å². The molecule has 1 amide bonds. The molecule has 3 nitrogen and oxygen atoms in total. The number of halogens is 2. The van der Waals surface area contributed by atoms with Crippen LogP contribution in [0.15, 0.2) is 22.7 Å². The van der Waals surface area contributed by atoms with Gasteiger partial charge >= 0.3 is 0 Å². The lowest BCUT2D eigenvalue weighted by Crippen LogP contribution is -2.46. The van der Waals surface area contributed by atoms with E-state index in [4.69, 9.17) is 11.6 Å². The van der Waals surface area contributed by atoms with E-state index in [0.717, 1.165) is 17.4 Å². The number of carbonyl (C=O) groups excluding carboxylic acids is 1. The number of benzene rings is 1. The molecule has 2 saturated heterocycles. The minimum atomic E-state index is -0.0168. The lowest BCUT2D eigenvalue weighted by Gasteiger charge is -2.32. The van der Waals surface area contributed by atoms with Gasteiger partial charge in [0, 0.05) is 28.7 Å². The highest BCUT2D eigenvalue weighted by molar-refractivity contribution is 9.10. The molecule has 108 valence electrons. The van der Waals surface area contributed by atoms with Crippen molar-refractivity contribution in [1.82, 2.24) is 10.2 Å². The van der Waals surface area contributed by atoms with E-state index in [1.807, 2.05) is 6.07 Å². The zero-order valence-corrected chi connectivity index (χ0v) is 13.6. The monoisotopic (exact) mass is 356 g/mol. The summed E-state index contributed by atoms with van der Waals surface area (Å²) in [4.78, 5) is 14.9. The second-order valence-corrected chi connectivity index (χ2v) is 6.86. The second kappa shape index (κ2) is 6.04. The summed E-state index contributed by atoms with van der Waals surface area (Å²) in [5.74, 6) is -0.0168. The second-order valence-electron chi connectivity index (χ2n) is 5.60. The maximum Gasteiger partial charge on any atom is 0.251 e. The van der Waals surface area contributed by atoms with Gasteiger partial charge in [-0.05, 0) is 59.9 Å². The molecule has 2 atom stereocenters. The molecule has 0 spiro atoms. The number of hydrogen-bond donors (Lipinski definition) is 1. The number of piperidine rings is 1. The lowest BCUT2D eigenvalue weighted by molar-refractivity contribution is 0.0915. The van der Waals surface area contributed by atoms with E-state index in [1.54, 1.807) is 12.1 Å². The number of nitrogens with one attached hydrogen (secondary N) is 1. The first-order valence-corrected chi connectivity index (χ1v) is 8.32. The van der Waals surface area contributed by atoms with Crippen molar-refractivity contribution in [3.05, 3.63) is 33.3 Å². The van der Waals surface area contributed by atoms with Gasteiger partial charge in [0.2, 0.25) is 0 Å². The molecule has 2 aliphatic heterocycles. The Morgan fingerprint density at radius 2 is 2.15 bits per heavy atom. The van der Waals surface area contributed by atoms with Crippen LogP contribution in [0.25, 0.3) is 0 Å². The molecule has 0 radical (unpaired) electrons. The molecule has 2 fully saturated rings. The Labute approximate surface area is 132 Å². The van der Waals surface area contributed by atoms with E-state index >= 15 is 0 Å². The molecule has 1 aromatic carbocycles. The van der Waals surface area contributed by atoms with Crippen LogP contribution in [0.2, 0.25) is 5.02 Å². The number of carbonyl (C=O) groups is 1. The molecule has 2 aliphatic rings. The summed E-state index contributed by atoms with van der Waals surface area (Å²) >= 11 is 9.39. The molecule has 0 aliphatic carbocycles. The summed E-state index contributed by atoms with van der Waals surface area (Å²) in [5.41, 5.74) is 0.632. The van der Waals surface area contributed by atoms with Crippen LogP contribution < -0.4 is 5.32 Å². The molecular formula is C15H18BrClN2O. The van der Waals surface area contributed by atoms with Crippen LogP contribution >= 0.6 is 27.5 Å². The van der Waals surface area contributed by atoms with Crippen molar-refractivity contribution in [3.63, 3.8) is 0 Å². The molecule has 1 N–H and O–H groups in total. The standard InChI is InChI=1S/C15H18BrClN2O/c16-11-5-4-10(9-12(11)17)15(20)18-13-6-8-19-7-2-1-3-14(13)19/h4-5,9,13-14H,1-3,6-8H2,(H,18,20). The molecule has 0 bridgehead atoms. The summed E-state index contributed by atoms with van der Waals surface area (Å²) in [6, 6.07) is 6.15. The van der Waals surface area contributed by atoms with Gasteiger partial charge in [-0.2, -0.15) is 0 Å². The highest BCUT2D eigenvalue weighted by Gasteiger charge is 2.36. The first kappa shape index (κ1) is 14.4. The van der Waals surface area contributed by atoms with Gasteiger partial charge in [0.1, 0.15) is 0 Å². The van der Waals surface area contributed by atoms with Crippen molar-refractivity contribution in [3.8, 4) is 0 Å². The molecular weight excluding hydrogens is 340 g/mol. The molecule has 3 rings (SSSR count). The fourth-order valence-corrected chi connectivity index (χ4v) is 3.73. The van der Waals surface area contributed by atoms with Crippen molar-refractivity contribution in [2.45, 2.75) is 37.8 Å². The number of fused-ring (bicyclic) bond motifs is 1. The highest BCUT2D eigenvalue weighted by Crippen LogP contribution is 2.28. The number of nitrogens with zero attached hydrogens (tertiary/aromatic N) is 1. The van der Waals surface area contributed by atoms with E-state index in [9.17, 15) is 4.79 Å². The zero-order chi connectivity index (χ0) is 14.1. The number of hydrogen-bond acceptors (Lipinski definition) is 2. The highest BCUT2D eigenvalue weighted by atomic mass is 79.9. The van der Waals surface area contributed by atoms with Crippen molar-refractivity contribution in [2.24, 2.45) is 0 Å². The topological polar surface area (TPSA) is 32.3 Å². The van der Waals surface area contributed by atoms with Gasteiger partial charge in [0.15, 0.2) is 0 Å². The Hall–Kier alpha value is -0.580. The van der Waals surface area contributed by atoms with Crippen molar-refractivity contribution in [2.75, 3.05) is 13.1 Å². The Kier molecular flexibility index (Phi) is 4.34. The van der Waals surface area contributed by atoms with Crippen LogP contribution in [-0.2, 0) is 0 Å². The minimum Gasteiger partial charge on any atom is -0.348 e. The molecule has 0 aromatic heterocycles. The van der Waals surface area contributed by atoms with Crippen LogP contribution in [0.3, 0.4) is 0 Å². The third-order valence-corrected chi connectivity index (χ3v) is 5.59. The summed E-state index contributed by atoms with van der Waals surface area (Å²) in [5, 5.41) is 3.76. The zero-order valence-electron chi connectivity index (χ0n) is 11.2. The maximum absolute atomic E-state index is 12.3. The van der Waals surface area contributed by atoms with Gasteiger partial charge in [-0.1, -0.05) is 18.0 Å². The minimum absolute atomic E-state index is 0.0168. The summed E-state index contributed by atoms with van der Waals surface area (Å²) < 4.78 is 0.815. The van der Waals surface area contributed by atoms with E-state index in [1.165, 1.54) is 25.8 Å². The smallest absolute Gasteiger partial charge is 0.251 e. The SMILES string of the molecule is O=C(NC1CCN2CCCCC12)c1ccc(Br)c(Cl)c1. The summed E-state index contributed by atoms with van der Waals surface area (Å²) in [7, 11) is 0. The predicted octanol–water partition coefficient (Wildman–Crippen LogP) is 3.46. The van der Waals surface area contributed by atoms with Gasteiger partial charge in [0.25, 0.3) is 5.91 Å². The fraction of sp³-hybridized carbons (Fsp3) is 0.533. The van der Waals surface area contributed by atoms with Crippen LogP contribution in [-0.4, -0.2) is 36.0 Å². The quantitative estimate of drug-likeness (QED) is 0.879. The van der Waals surface area contributed by atoms with E-state index < -0.39 is 0 Å². The van der Waals surface area contributed by atoms with Crippen LogP contribution in [0, 0.1) is 0 Å². The summed E-state index contributed by atoms with van der Waals surface area (Å²) in [6.45, 7) is 2.29. The van der Waals surface area contributed by atoms with Gasteiger partial charge < -0.3 is 5.32 Å². The van der Waals surface area contributed by atoms with Gasteiger partial charge in [0.05, 0.1) is 5.02 Å². The molecule has 5 heteroatoms.